The summed E-state index contributed by atoms with van der Waals surface area (Å²) in [5, 5.41) is 0. The van der Waals surface area contributed by atoms with Crippen LogP contribution in [0.5, 0.6) is 0 Å². The van der Waals surface area contributed by atoms with Gasteiger partial charge in [0.05, 0.1) is 0 Å². The molecule has 0 amide bonds. The van der Waals surface area contributed by atoms with Gasteiger partial charge in [0, 0.05) is 6.54 Å². The topological polar surface area (TPSA) is 26.0 Å². The molecule has 1 nitrogen and oxygen atoms in total. The Morgan fingerprint density at radius 1 is 1.33 bits per heavy atom. The molecule has 0 heterocycles. The van der Waals surface area contributed by atoms with Crippen LogP contribution < -0.4 is 5.73 Å². The van der Waals surface area contributed by atoms with Crippen molar-refractivity contribution in [2.24, 2.45) is 5.73 Å². The highest BCUT2D eigenvalue weighted by atomic mass is 14.5. The largest absolute Gasteiger partial charge is 0.327 e. The average molecular weight is 161 g/mol. The second-order valence-electron chi connectivity index (χ2n) is 2.95. The van der Waals surface area contributed by atoms with Gasteiger partial charge in [-0.2, -0.15) is 0 Å². The van der Waals surface area contributed by atoms with Crippen LogP contribution in [0.2, 0.25) is 0 Å². The molecule has 64 valence electrons. The first-order valence-corrected chi connectivity index (χ1v) is 4.22. The molecule has 0 saturated heterocycles. The van der Waals surface area contributed by atoms with Gasteiger partial charge >= 0.3 is 0 Å². The normalized spacial score (nSPS) is 11.7. The lowest BCUT2D eigenvalue weighted by atomic mass is 10.1. The second-order valence-corrected chi connectivity index (χ2v) is 2.95. The van der Waals surface area contributed by atoms with E-state index in [9.17, 15) is 0 Å². The van der Waals surface area contributed by atoms with Crippen molar-refractivity contribution in [3.63, 3.8) is 0 Å². The third-order valence-electron chi connectivity index (χ3n) is 1.79. The fraction of sp³-hybridized carbons (Fsp3) is 0.273. The Labute approximate surface area is 73.9 Å². The van der Waals surface area contributed by atoms with E-state index in [1.165, 1.54) is 11.1 Å². The lowest BCUT2D eigenvalue weighted by Crippen LogP contribution is -1.96. The van der Waals surface area contributed by atoms with E-state index in [1.54, 1.807) is 0 Å². The van der Waals surface area contributed by atoms with Crippen LogP contribution in [0.1, 0.15) is 12.5 Å². The highest BCUT2D eigenvalue weighted by Crippen LogP contribution is 2.05. The van der Waals surface area contributed by atoms with Crippen molar-refractivity contribution in [1.82, 2.24) is 0 Å². The van der Waals surface area contributed by atoms with Gasteiger partial charge in [-0.3, -0.25) is 0 Å². The van der Waals surface area contributed by atoms with Crippen molar-refractivity contribution in [1.29, 1.82) is 0 Å². The Kier molecular flexibility index (Phi) is 3.55. The minimum atomic E-state index is 0.638. The Morgan fingerprint density at radius 3 is 2.58 bits per heavy atom. The van der Waals surface area contributed by atoms with Gasteiger partial charge in [-0.1, -0.05) is 42.0 Å². The fourth-order valence-electron chi connectivity index (χ4n) is 1.19. The van der Waals surface area contributed by atoms with E-state index in [2.05, 4.69) is 37.3 Å². The predicted molar refractivity (Wildman–Crippen MR) is 53.0 cm³/mol. The van der Waals surface area contributed by atoms with Crippen LogP contribution in [0.25, 0.3) is 0 Å². The van der Waals surface area contributed by atoms with Crippen molar-refractivity contribution in [2.75, 3.05) is 6.54 Å². The van der Waals surface area contributed by atoms with Crippen molar-refractivity contribution >= 4 is 0 Å². The molecular formula is C11H15N. The third kappa shape index (κ3) is 2.89. The summed E-state index contributed by atoms with van der Waals surface area (Å²) >= 11 is 0. The van der Waals surface area contributed by atoms with Gasteiger partial charge in [-0.05, 0) is 18.9 Å². The first-order chi connectivity index (χ1) is 5.83. The highest BCUT2D eigenvalue weighted by molar-refractivity contribution is 5.20. The second kappa shape index (κ2) is 4.73. The van der Waals surface area contributed by atoms with Crippen molar-refractivity contribution in [3.8, 4) is 0 Å². The van der Waals surface area contributed by atoms with E-state index < -0.39 is 0 Å². The molecule has 0 atom stereocenters. The van der Waals surface area contributed by atoms with Gasteiger partial charge in [0.25, 0.3) is 0 Å². The molecule has 12 heavy (non-hydrogen) atoms. The summed E-state index contributed by atoms with van der Waals surface area (Å²) in [7, 11) is 0. The summed E-state index contributed by atoms with van der Waals surface area (Å²) in [6, 6.07) is 10.4. The highest BCUT2D eigenvalue weighted by Gasteiger charge is 1.91. The quantitative estimate of drug-likeness (QED) is 0.675. The number of allylic oxidation sites excluding steroid dienone is 1. The molecule has 0 aromatic heterocycles. The zero-order valence-corrected chi connectivity index (χ0v) is 7.46. The molecule has 0 aliphatic heterocycles. The summed E-state index contributed by atoms with van der Waals surface area (Å²) < 4.78 is 0. The molecule has 0 radical (unpaired) electrons. The summed E-state index contributed by atoms with van der Waals surface area (Å²) in [4.78, 5) is 0. The number of benzene rings is 1. The molecule has 0 unspecified atom stereocenters. The van der Waals surface area contributed by atoms with E-state index in [4.69, 9.17) is 5.73 Å². The Bertz CT molecular complexity index is 249. The summed E-state index contributed by atoms with van der Waals surface area (Å²) in [6.07, 6.45) is 3.07. The summed E-state index contributed by atoms with van der Waals surface area (Å²) in [5.74, 6) is 0. The number of hydrogen-bond acceptors (Lipinski definition) is 1. The van der Waals surface area contributed by atoms with E-state index in [0.29, 0.717) is 6.54 Å². The van der Waals surface area contributed by atoms with Crippen LogP contribution >= 0.6 is 0 Å². The number of hydrogen-bond donors (Lipinski definition) is 1. The van der Waals surface area contributed by atoms with Gasteiger partial charge in [0.15, 0.2) is 0 Å². The van der Waals surface area contributed by atoms with E-state index in [-0.39, 0.29) is 0 Å². The maximum absolute atomic E-state index is 5.41. The maximum atomic E-state index is 5.41. The standard InChI is InChI=1S/C11H15N/c1-10(7-8-12)9-11-5-3-2-4-6-11/h2-7H,8-9,12H2,1H3. The van der Waals surface area contributed by atoms with Crippen LogP contribution in [0, 0.1) is 0 Å². The van der Waals surface area contributed by atoms with E-state index in [1.807, 2.05) is 6.07 Å². The van der Waals surface area contributed by atoms with Gasteiger partial charge in [0.2, 0.25) is 0 Å². The van der Waals surface area contributed by atoms with Crippen molar-refractivity contribution in [3.05, 3.63) is 47.5 Å². The first kappa shape index (κ1) is 9.01. The molecule has 0 spiro atoms. The molecule has 1 heteroatoms. The van der Waals surface area contributed by atoms with Crippen molar-refractivity contribution < 1.29 is 0 Å². The van der Waals surface area contributed by atoms with Crippen LogP contribution in [0.15, 0.2) is 42.0 Å². The lowest BCUT2D eigenvalue weighted by molar-refractivity contribution is 1.10. The van der Waals surface area contributed by atoms with Gasteiger partial charge in [0.1, 0.15) is 0 Å². The van der Waals surface area contributed by atoms with Crippen LogP contribution in [0.4, 0.5) is 0 Å². The van der Waals surface area contributed by atoms with Crippen LogP contribution in [0.3, 0.4) is 0 Å². The molecule has 0 saturated carbocycles. The SMILES string of the molecule is CC(=CCN)Cc1ccccc1. The van der Waals surface area contributed by atoms with Crippen LogP contribution in [-0.2, 0) is 6.42 Å². The molecular weight excluding hydrogens is 146 g/mol. The molecule has 0 aliphatic rings. The monoisotopic (exact) mass is 161 g/mol. The molecule has 1 aromatic rings. The molecule has 2 N–H and O–H groups in total. The first-order valence-electron chi connectivity index (χ1n) is 4.22. The smallest absolute Gasteiger partial charge is 0.0109 e. The summed E-state index contributed by atoms with van der Waals surface area (Å²) in [5.41, 5.74) is 8.09. The Balaban J connectivity index is 2.58. The van der Waals surface area contributed by atoms with Crippen molar-refractivity contribution in [2.45, 2.75) is 13.3 Å². The van der Waals surface area contributed by atoms with Gasteiger partial charge in [-0.15, -0.1) is 0 Å². The lowest BCUT2D eigenvalue weighted by Gasteiger charge is -2.00. The van der Waals surface area contributed by atoms with E-state index >= 15 is 0 Å². The summed E-state index contributed by atoms with van der Waals surface area (Å²) in [6.45, 7) is 2.75. The Morgan fingerprint density at radius 2 is 2.00 bits per heavy atom. The zero-order valence-electron chi connectivity index (χ0n) is 7.46. The maximum Gasteiger partial charge on any atom is 0.0109 e. The van der Waals surface area contributed by atoms with Gasteiger partial charge in [-0.25, -0.2) is 0 Å². The Hall–Kier alpha value is -1.08. The van der Waals surface area contributed by atoms with Gasteiger partial charge < -0.3 is 5.73 Å². The number of nitrogens with two attached hydrogens (primary N) is 1. The molecule has 0 bridgehead atoms. The minimum Gasteiger partial charge on any atom is -0.327 e. The number of rotatable bonds is 3. The fourth-order valence-corrected chi connectivity index (χ4v) is 1.19. The molecule has 1 rings (SSSR count). The average Bonchev–Trinajstić information content (AvgIpc) is 2.06. The minimum absolute atomic E-state index is 0.638. The zero-order chi connectivity index (χ0) is 8.81. The molecule has 0 aliphatic carbocycles. The third-order valence-corrected chi connectivity index (χ3v) is 1.79. The molecule has 1 aromatic carbocycles. The van der Waals surface area contributed by atoms with E-state index in [0.717, 1.165) is 6.42 Å². The predicted octanol–water partition coefficient (Wildman–Crippen LogP) is 2.13. The van der Waals surface area contributed by atoms with Crippen LogP contribution in [-0.4, -0.2) is 6.54 Å². The molecule has 0 fully saturated rings.